The van der Waals surface area contributed by atoms with Gasteiger partial charge in [-0.05, 0) is 11.5 Å². The Morgan fingerprint density at radius 1 is 1.30 bits per heavy atom. The van der Waals surface area contributed by atoms with Gasteiger partial charge in [0, 0.05) is 23.9 Å². The van der Waals surface area contributed by atoms with Crippen LogP contribution in [0.3, 0.4) is 0 Å². The van der Waals surface area contributed by atoms with Crippen LogP contribution in [0, 0.1) is 11.3 Å². The number of rotatable bonds is 0. The van der Waals surface area contributed by atoms with Crippen LogP contribution < -0.4 is 4.90 Å². The molecule has 1 aliphatic heterocycles. The predicted octanol–water partition coefficient (Wildman–Crippen LogP) is 1.42. The number of amides is 1. The molecule has 1 saturated carbocycles. The van der Waals surface area contributed by atoms with E-state index in [-0.39, 0.29) is 23.3 Å². The van der Waals surface area contributed by atoms with Crippen molar-refractivity contribution in [1.29, 1.82) is 0 Å². The number of ketones is 1. The Bertz CT molecular complexity index is 773. The van der Waals surface area contributed by atoms with Crippen LogP contribution in [0.1, 0.15) is 29.8 Å². The van der Waals surface area contributed by atoms with Crippen LogP contribution in [-0.4, -0.2) is 29.2 Å². The molecule has 1 amide bonds. The molecule has 4 rings (SSSR count). The van der Waals surface area contributed by atoms with Crippen molar-refractivity contribution in [3.05, 3.63) is 34.9 Å². The molecule has 5 nitrogen and oxygen atoms in total. The summed E-state index contributed by atoms with van der Waals surface area (Å²) in [6.07, 6.45) is 0. The maximum Gasteiger partial charge on any atom is 0.344 e. The van der Waals surface area contributed by atoms with E-state index in [1.54, 1.807) is 24.1 Å². The van der Waals surface area contributed by atoms with Crippen LogP contribution in [0.4, 0.5) is 5.69 Å². The van der Waals surface area contributed by atoms with Gasteiger partial charge in [-0.15, -0.1) is 0 Å². The fourth-order valence-corrected chi connectivity index (χ4v) is 4.45. The van der Waals surface area contributed by atoms with Gasteiger partial charge < -0.3 is 10.4 Å². The minimum atomic E-state index is -0.733. The molecule has 0 saturated heterocycles. The lowest BCUT2D eigenvalue weighted by Gasteiger charge is -2.16. The maximum atomic E-state index is 12.8. The number of benzene rings is 1. The second-order valence-corrected chi connectivity index (χ2v) is 6.34. The molecule has 1 heterocycles. The van der Waals surface area contributed by atoms with Gasteiger partial charge in [-0.2, -0.15) is 4.79 Å². The topological polar surface area (TPSA) is 73.8 Å². The first-order valence-electron chi connectivity index (χ1n) is 6.59. The summed E-state index contributed by atoms with van der Waals surface area (Å²) in [7, 11) is 1.73. The minimum Gasteiger partial charge on any atom is -0.361 e. The number of hydrogen-bond acceptors (Lipinski definition) is 2. The molecule has 0 radical (unpaired) electrons. The molecule has 0 bridgehead atoms. The molecule has 0 aromatic heterocycles. The first kappa shape index (κ1) is 11.6. The molecule has 0 unspecified atom stereocenters. The van der Waals surface area contributed by atoms with Crippen molar-refractivity contribution in [1.82, 2.24) is 0 Å². The van der Waals surface area contributed by atoms with E-state index in [9.17, 15) is 15.1 Å². The Kier molecular flexibility index (Phi) is 1.68. The first-order chi connectivity index (χ1) is 9.40. The summed E-state index contributed by atoms with van der Waals surface area (Å²) >= 11 is 0. The van der Waals surface area contributed by atoms with E-state index in [1.807, 2.05) is 19.9 Å². The average Bonchev–Trinajstić information content (AvgIpc) is 2.85. The van der Waals surface area contributed by atoms with Crippen LogP contribution in [0.5, 0.6) is 0 Å². The highest BCUT2D eigenvalue weighted by Crippen LogP contribution is 2.76. The van der Waals surface area contributed by atoms with E-state index in [4.69, 9.17) is 0 Å². The standard InChI is InChI=1S/C15H13N3O2/c1-14(2)12-10(17-16)11(19)7-5-4-6-8-9(7)15(12,14)13(20)18(8)3/h4-6,12H,1-3H3/t12-,15-/m0/s1. The van der Waals surface area contributed by atoms with Gasteiger partial charge in [0.25, 0.3) is 5.78 Å². The van der Waals surface area contributed by atoms with Crippen LogP contribution >= 0.6 is 0 Å². The third kappa shape index (κ3) is 0.816. The highest BCUT2D eigenvalue weighted by Gasteiger charge is 2.86. The Labute approximate surface area is 115 Å². The number of likely N-dealkylation sites (N-methyl/N-ethyl adjacent to an activating group) is 1. The SMILES string of the molecule is CN1C(=O)[C@]23c4c(cccc41)C(=O)C(=[N+]=[N-])[C@H]2C3(C)C. The van der Waals surface area contributed by atoms with E-state index in [0.29, 0.717) is 5.56 Å². The van der Waals surface area contributed by atoms with Crippen molar-refractivity contribution in [3.8, 4) is 0 Å². The summed E-state index contributed by atoms with van der Waals surface area (Å²) in [4.78, 5) is 30.1. The van der Waals surface area contributed by atoms with E-state index >= 15 is 0 Å². The van der Waals surface area contributed by atoms with Crippen molar-refractivity contribution in [3.63, 3.8) is 0 Å². The summed E-state index contributed by atoms with van der Waals surface area (Å²) in [5, 5.41) is 0. The molecule has 0 N–H and O–H groups in total. The number of Topliss-reactive ketones (excluding diaryl/α,β-unsaturated/α-hetero) is 1. The van der Waals surface area contributed by atoms with Crippen molar-refractivity contribution in [2.75, 3.05) is 11.9 Å². The van der Waals surface area contributed by atoms with Crippen LogP contribution in [-0.2, 0) is 10.2 Å². The van der Waals surface area contributed by atoms with Gasteiger partial charge >= 0.3 is 5.71 Å². The molecular formula is C15H13N3O2. The number of anilines is 1. The van der Waals surface area contributed by atoms with Crippen LogP contribution in [0.15, 0.2) is 18.2 Å². The van der Waals surface area contributed by atoms with Crippen LogP contribution in [0.2, 0.25) is 0 Å². The molecule has 5 heteroatoms. The van der Waals surface area contributed by atoms with Crippen molar-refractivity contribution in [2.24, 2.45) is 11.3 Å². The minimum absolute atomic E-state index is 0.0106. The molecule has 3 aliphatic rings. The summed E-state index contributed by atoms with van der Waals surface area (Å²) < 4.78 is 0. The third-order valence-corrected chi connectivity index (χ3v) is 5.39. The number of hydrogen-bond donors (Lipinski definition) is 0. The van der Waals surface area contributed by atoms with Crippen molar-refractivity contribution < 1.29 is 14.4 Å². The Balaban J connectivity index is 2.19. The van der Waals surface area contributed by atoms with Crippen molar-refractivity contribution in [2.45, 2.75) is 19.3 Å². The fourth-order valence-electron chi connectivity index (χ4n) is 4.45. The molecule has 2 aliphatic carbocycles. The molecule has 100 valence electrons. The number of carbonyl (C=O) groups is 2. The van der Waals surface area contributed by atoms with Gasteiger partial charge in [-0.25, -0.2) is 0 Å². The molecular weight excluding hydrogens is 254 g/mol. The van der Waals surface area contributed by atoms with Gasteiger partial charge in [0.2, 0.25) is 5.91 Å². The lowest BCUT2D eigenvalue weighted by molar-refractivity contribution is -0.121. The number of nitrogens with zero attached hydrogens (tertiary/aromatic N) is 3. The van der Waals surface area contributed by atoms with Gasteiger partial charge in [-0.3, -0.25) is 9.59 Å². The molecule has 1 spiro atoms. The predicted molar refractivity (Wildman–Crippen MR) is 71.8 cm³/mol. The second kappa shape index (κ2) is 2.91. The van der Waals surface area contributed by atoms with E-state index < -0.39 is 10.8 Å². The Morgan fingerprint density at radius 2 is 2.00 bits per heavy atom. The van der Waals surface area contributed by atoms with Gasteiger partial charge in [0.05, 0.1) is 11.3 Å². The van der Waals surface area contributed by atoms with E-state index in [1.165, 1.54) is 0 Å². The largest absolute Gasteiger partial charge is 0.361 e. The quantitative estimate of drug-likeness (QED) is 0.526. The molecule has 20 heavy (non-hydrogen) atoms. The monoisotopic (exact) mass is 267 g/mol. The molecule has 1 aromatic rings. The van der Waals surface area contributed by atoms with Gasteiger partial charge in [0.15, 0.2) is 0 Å². The van der Waals surface area contributed by atoms with E-state index in [2.05, 4.69) is 4.79 Å². The maximum absolute atomic E-state index is 12.8. The molecule has 1 fully saturated rings. The van der Waals surface area contributed by atoms with E-state index in [0.717, 1.165) is 11.3 Å². The summed E-state index contributed by atoms with van der Waals surface area (Å²) in [6, 6.07) is 5.34. The normalized spacial score (nSPS) is 31.9. The van der Waals surface area contributed by atoms with Gasteiger partial charge in [-0.1, -0.05) is 26.0 Å². The Morgan fingerprint density at radius 3 is 2.65 bits per heavy atom. The highest BCUT2D eigenvalue weighted by molar-refractivity contribution is 6.49. The van der Waals surface area contributed by atoms with Crippen LogP contribution in [0.25, 0.3) is 5.53 Å². The van der Waals surface area contributed by atoms with Gasteiger partial charge in [0.1, 0.15) is 0 Å². The highest BCUT2D eigenvalue weighted by atomic mass is 16.2. The Hall–Kier alpha value is -2.26. The number of carbonyl (C=O) groups excluding carboxylic acids is 2. The summed E-state index contributed by atoms with van der Waals surface area (Å²) in [5.41, 5.74) is 10.3. The zero-order valence-electron chi connectivity index (χ0n) is 11.5. The smallest absolute Gasteiger partial charge is 0.344 e. The zero-order valence-corrected chi connectivity index (χ0v) is 11.5. The average molecular weight is 267 g/mol. The zero-order chi connectivity index (χ0) is 14.4. The summed E-state index contributed by atoms with van der Waals surface area (Å²) in [5.74, 6) is -0.610. The summed E-state index contributed by atoms with van der Waals surface area (Å²) in [6.45, 7) is 3.91. The third-order valence-electron chi connectivity index (χ3n) is 5.39. The lowest BCUT2D eigenvalue weighted by Crippen LogP contribution is -2.36. The van der Waals surface area contributed by atoms with Crippen molar-refractivity contribution >= 4 is 23.1 Å². The fraction of sp³-hybridized carbons (Fsp3) is 0.400. The molecule has 1 aromatic carbocycles. The molecule has 2 atom stereocenters. The first-order valence-corrected chi connectivity index (χ1v) is 6.59. The second-order valence-electron chi connectivity index (χ2n) is 6.34. The lowest BCUT2D eigenvalue weighted by atomic mass is 9.80.